The van der Waals surface area contributed by atoms with Crippen molar-refractivity contribution < 1.29 is 19.4 Å². The van der Waals surface area contributed by atoms with E-state index in [0.29, 0.717) is 5.92 Å². The topological polar surface area (TPSA) is 92.7 Å². The maximum absolute atomic E-state index is 10.1. The number of ether oxygens (including phenoxy) is 2. The summed E-state index contributed by atoms with van der Waals surface area (Å²) in [7, 11) is 3.38. The Morgan fingerprint density at radius 2 is 2.00 bits per heavy atom. The second-order valence-electron chi connectivity index (χ2n) is 7.91. The Morgan fingerprint density at radius 3 is 2.52 bits per heavy atom. The van der Waals surface area contributed by atoms with Crippen molar-refractivity contribution in [3.05, 3.63) is 40.6 Å². The van der Waals surface area contributed by atoms with E-state index >= 15 is 0 Å². The van der Waals surface area contributed by atoms with E-state index in [-0.39, 0.29) is 11.4 Å². The van der Waals surface area contributed by atoms with Gasteiger partial charge in [-0.2, -0.15) is 0 Å². The number of aliphatic carboxylic acids is 1. The molecular weight excluding hydrogens is 414 g/mol. The molecule has 2 aliphatic heterocycles. The van der Waals surface area contributed by atoms with Crippen LogP contribution in [0.15, 0.2) is 29.3 Å². The van der Waals surface area contributed by atoms with Crippen LogP contribution in [0.25, 0.3) is 10.9 Å². The van der Waals surface area contributed by atoms with Crippen LogP contribution < -0.4 is 20.1 Å². The lowest BCUT2D eigenvalue weighted by Gasteiger charge is -2.17. The summed E-state index contributed by atoms with van der Waals surface area (Å²) in [5, 5.41) is 18.1. The highest BCUT2D eigenvalue weighted by Crippen LogP contribution is 2.39. The van der Waals surface area contributed by atoms with Crippen LogP contribution in [0.1, 0.15) is 43.3 Å². The molecule has 31 heavy (non-hydrogen) atoms. The number of aryl methyl sites for hydroxylation is 1. The third-order valence-corrected chi connectivity index (χ3v) is 6.51. The maximum atomic E-state index is 10.1. The number of aromatic nitrogens is 1. The van der Waals surface area contributed by atoms with Crippen molar-refractivity contribution in [2.45, 2.75) is 45.0 Å². The summed E-state index contributed by atoms with van der Waals surface area (Å²) in [5.74, 6) is 1.45. The molecule has 1 aromatic heterocycles. The maximum Gasteiger partial charge on any atom is 0.320 e. The van der Waals surface area contributed by atoms with Gasteiger partial charge in [-0.15, -0.1) is 11.8 Å². The van der Waals surface area contributed by atoms with Gasteiger partial charge in [0.1, 0.15) is 22.9 Å². The number of fused-ring (bicyclic) bond motifs is 1. The minimum Gasteiger partial charge on any atom is -0.496 e. The summed E-state index contributed by atoms with van der Waals surface area (Å²) >= 11 is 1.75. The molecule has 0 aliphatic carbocycles. The predicted octanol–water partition coefficient (Wildman–Crippen LogP) is 4.22. The fraction of sp³-hybridized carbons (Fsp3) is 0.478. The van der Waals surface area contributed by atoms with Crippen LogP contribution >= 0.6 is 11.8 Å². The van der Waals surface area contributed by atoms with Crippen molar-refractivity contribution in [1.82, 2.24) is 15.6 Å². The van der Waals surface area contributed by atoms with Crippen LogP contribution in [0.3, 0.4) is 0 Å². The van der Waals surface area contributed by atoms with E-state index in [0.717, 1.165) is 53.0 Å². The summed E-state index contributed by atoms with van der Waals surface area (Å²) in [6.45, 7) is 7.26. The van der Waals surface area contributed by atoms with Crippen LogP contribution in [0.5, 0.6) is 11.5 Å². The number of carboxylic acids is 1. The molecule has 1 aromatic carbocycles. The van der Waals surface area contributed by atoms with Gasteiger partial charge in [0.15, 0.2) is 0 Å². The number of thioether (sulfide) groups is 1. The van der Waals surface area contributed by atoms with Gasteiger partial charge in [0, 0.05) is 22.7 Å². The first kappa shape index (κ1) is 23.2. The van der Waals surface area contributed by atoms with Gasteiger partial charge < -0.3 is 25.2 Å². The summed E-state index contributed by atoms with van der Waals surface area (Å²) in [4.78, 5) is 15.0. The first-order valence-corrected chi connectivity index (χ1v) is 11.4. The minimum absolute atomic E-state index is 0.122. The van der Waals surface area contributed by atoms with Crippen molar-refractivity contribution >= 4 is 28.6 Å². The van der Waals surface area contributed by atoms with Gasteiger partial charge in [-0.25, -0.2) is 4.98 Å². The van der Waals surface area contributed by atoms with Crippen LogP contribution in [0, 0.1) is 12.8 Å². The molecule has 3 heterocycles. The molecule has 4 rings (SSSR count). The summed E-state index contributed by atoms with van der Waals surface area (Å²) < 4.78 is 11.0. The van der Waals surface area contributed by atoms with Crippen LogP contribution in [-0.2, 0) is 4.79 Å². The van der Waals surface area contributed by atoms with Crippen molar-refractivity contribution in [3.63, 3.8) is 0 Å². The SMILES string of the molecule is COc1ccc2c(OC)cc(C3NC(C(C)C)=CS3)nc2c1C.O=C(O)C1CCCN1. The van der Waals surface area contributed by atoms with Crippen molar-refractivity contribution in [3.8, 4) is 11.5 Å². The predicted molar refractivity (Wildman–Crippen MR) is 125 cm³/mol. The number of allylic oxidation sites excluding steroid dienone is 1. The number of hydrogen-bond donors (Lipinski definition) is 3. The van der Waals surface area contributed by atoms with E-state index in [2.05, 4.69) is 29.9 Å². The standard InChI is InChI=1S/C18H22N2O2S.C5H9NO2/c1-10(2)14-9-23-18(20-14)13-8-16(22-5)12-6-7-15(21-4)11(3)17(12)19-13;7-5(8)4-2-1-3-6-4/h6-10,18,20H,1-5H3;4,6H,1-3H2,(H,7,8). The summed E-state index contributed by atoms with van der Waals surface area (Å²) in [6, 6.07) is 5.72. The molecule has 2 unspecified atom stereocenters. The largest absolute Gasteiger partial charge is 0.496 e. The lowest BCUT2D eigenvalue weighted by molar-refractivity contribution is -0.139. The minimum atomic E-state index is -0.720. The van der Waals surface area contributed by atoms with Crippen molar-refractivity contribution in [2.24, 2.45) is 5.92 Å². The number of hydrogen-bond acceptors (Lipinski definition) is 7. The number of carbonyl (C=O) groups is 1. The van der Waals surface area contributed by atoms with Gasteiger partial charge in [-0.1, -0.05) is 13.8 Å². The Balaban J connectivity index is 0.000000287. The van der Waals surface area contributed by atoms with Gasteiger partial charge in [0.25, 0.3) is 0 Å². The number of pyridine rings is 1. The zero-order valence-corrected chi connectivity index (χ0v) is 19.5. The molecule has 0 amide bonds. The monoisotopic (exact) mass is 445 g/mol. The molecule has 2 aliphatic rings. The molecule has 0 spiro atoms. The number of methoxy groups -OCH3 is 2. The lowest BCUT2D eigenvalue weighted by atomic mass is 10.1. The Labute approximate surface area is 187 Å². The smallest absolute Gasteiger partial charge is 0.320 e. The number of benzene rings is 1. The van der Waals surface area contributed by atoms with Crippen molar-refractivity contribution in [2.75, 3.05) is 20.8 Å². The summed E-state index contributed by atoms with van der Waals surface area (Å²) in [5.41, 5.74) is 4.19. The third kappa shape index (κ3) is 5.25. The molecule has 2 atom stereocenters. The Kier molecular flexibility index (Phi) is 7.67. The molecule has 168 valence electrons. The molecule has 1 saturated heterocycles. The number of nitrogens with zero attached hydrogens (tertiary/aromatic N) is 1. The van der Waals surface area contributed by atoms with E-state index in [9.17, 15) is 4.79 Å². The Bertz CT molecular complexity index is 971. The molecule has 0 radical (unpaired) electrons. The van der Waals surface area contributed by atoms with E-state index in [1.54, 1.807) is 26.0 Å². The van der Waals surface area contributed by atoms with Gasteiger partial charge in [0.2, 0.25) is 0 Å². The second-order valence-corrected chi connectivity index (χ2v) is 8.89. The van der Waals surface area contributed by atoms with Crippen LogP contribution in [0.2, 0.25) is 0 Å². The molecule has 8 heteroatoms. The third-order valence-electron chi connectivity index (χ3n) is 5.48. The quantitative estimate of drug-likeness (QED) is 0.630. The molecule has 0 saturated carbocycles. The van der Waals surface area contributed by atoms with Gasteiger partial charge in [0.05, 0.1) is 25.4 Å². The normalized spacial score (nSPS) is 20.1. The molecular formula is C23H31N3O4S. The number of carboxylic acid groups (broad SMARTS) is 1. The van der Waals surface area contributed by atoms with Gasteiger partial charge in [-0.05, 0) is 49.8 Å². The average Bonchev–Trinajstić information content (AvgIpc) is 3.46. The highest BCUT2D eigenvalue weighted by atomic mass is 32.2. The average molecular weight is 446 g/mol. The van der Waals surface area contributed by atoms with Crippen LogP contribution in [-0.4, -0.2) is 42.9 Å². The first-order chi connectivity index (χ1) is 14.8. The highest BCUT2D eigenvalue weighted by Gasteiger charge is 2.23. The first-order valence-electron chi connectivity index (χ1n) is 10.5. The number of rotatable bonds is 5. The molecule has 7 nitrogen and oxygen atoms in total. The van der Waals surface area contributed by atoms with Crippen molar-refractivity contribution in [1.29, 1.82) is 0 Å². The fourth-order valence-electron chi connectivity index (χ4n) is 3.62. The molecule has 2 aromatic rings. The zero-order valence-electron chi connectivity index (χ0n) is 18.7. The second kappa shape index (κ2) is 10.2. The van der Waals surface area contributed by atoms with E-state index in [4.69, 9.17) is 19.6 Å². The number of nitrogens with one attached hydrogen (secondary N) is 2. The molecule has 1 fully saturated rings. The van der Waals surface area contributed by atoms with E-state index < -0.39 is 5.97 Å². The van der Waals surface area contributed by atoms with Gasteiger partial charge in [-0.3, -0.25) is 4.79 Å². The lowest BCUT2D eigenvalue weighted by Crippen LogP contribution is -2.29. The fourth-order valence-corrected chi connectivity index (χ4v) is 4.71. The van der Waals surface area contributed by atoms with E-state index in [1.807, 2.05) is 25.1 Å². The zero-order chi connectivity index (χ0) is 22.5. The highest BCUT2D eigenvalue weighted by molar-refractivity contribution is 8.02. The Hall–Kier alpha value is -2.45. The van der Waals surface area contributed by atoms with Crippen LogP contribution in [0.4, 0.5) is 0 Å². The summed E-state index contributed by atoms with van der Waals surface area (Å²) in [6.07, 6.45) is 1.78. The van der Waals surface area contributed by atoms with E-state index in [1.165, 1.54) is 5.70 Å². The van der Waals surface area contributed by atoms with Gasteiger partial charge >= 0.3 is 5.97 Å². The molecule has 3 N–H and O–H groups in total. The molecule has 0 bridgehead atoms. The Morgan fingerprint density at radius 1 is 1.26 bits per heavy atom.